The molecule has 0 radical (unpaired) electrons. The molecule has 7 unspecified atom stereocenters. The predicted octanol–water partition coefficient (Wildman–Crippen LogP) is 1.49. The van der Waals surface area contributed by atoms with E-state index in [1.54, 1.807) is 0 Å². The number of hydrogen-bond acceptors (Lipinski definition) is 4. The molecule has 0 amide bonds. The van der Waals surface area contributed by atoms with Crippen LogP contribution in [0.4, 0.5) is 0 Å². The molecule has 0 aromatic rings. The van der Waals surface area contributed by atoms with Crippen molar-refractivity contribution >= 4 is 5.97 Å². The minimum Gasteiger partial charge on any atom is -0.461 e. The largest absolute Gasteiger partial charge is 0.461 e. The molecular weight excluding hydrogens is 244 g/mol. The van der Waals surface area contributed by atoms with E-state index in [0.717, 1.165) is 12.8 Å². The second-order valence-corrected chi connectivity index (χ2v) is 7.29. The van der Waals surface area contributed by atoms with Gasteiger partial charge in [-0.25, -0.2) is 0 Å². The fourth-order valence-corrected chi connectivity index (χ4v) is 4.88. The Kier molecular flexibility index (Phi) is 2.78. The van der Waals surface area contributed by atoms with Gasteiger partial charge in [-0.3, -0.25) is 4.79 Å². The average molecular weight is 268 g/mol. The number of carbonyl (C=O) groups excluding carboxylic acids is 1. The maximum absolute atomic E-state index is 11.8. The van der Waals surface area contributed by atoms with Crippen LogP contribution < -0.4 is 0 Å². The summed E-state index contributed by atoms with van der Waals surface area (Å²) in [6.45, 7) is 5.80. The van der Waals surface area contributed by atoms with Gasteiger partial charge in [0.1, 0.15) is 6.10 Å². The maximum Gasteiger partial charge on any atom is 0.309 e. The molecule has 3 fully saturated rings. The van der Waals surface area contributed by atoms with Crippen molar-refractivity contribution in [2.45, 2.75) is 64.3 Å². The standard InChI is InChI=1S/C15H24O4/c1-8-9-4-6-14(2)10(16)5-7-15(3,18)12(14)11(9)19-13(8)17/h8-12,16,18H,4-7H2,1-3H3. The summed E-state index contributed by atoms with van der Waals surface area (Å²) in [6, 6.07) is 0. The summed E-state index contributed by atoms with van der Waals surface area (Å²) < 4.78 is 5.59. The highest BCUT2D eigenvalue weighted by Gasteiger charge is 2.63. The molecule has 4 heteroatoms. The van der Waals surface area contributed by atoms with Crippen molar-refractivity contribution in [3.05, 3.63) is 0 Å². The lowest BCUT2D eigenvalue weighted by Gasteiger charge is -2.57. The van der Waals surface area contributed by atoms with Crippen LogP contribution in [0.25, 0.3) is 0 Å². The van der Waals surface area contributed by atoms with E-state index in [2.05, 4.69) is 0 Å². The Morgan fingerprint density at radius 3 is 2.63 bits per heavy atom. The smallest absolute Gasteiger partial charge is 0.309 e. The van der Waals surface area contributed by atoms with E-state index in [9.17, 15) is 15.0 Å². The Labute approximate surface area is 114 Å². The van der Waals surface area contributed by atoms with Gasteiger partial charge in [0.25, 0.3) is 0 Å². The van der Waals surface area contributed by atoms with Crippen LogP contribution in [0.3, 0.4) is 0 Å². The fourth-order valence-electron chi connectivity index (χ4n) is 4.88. The average Bonchev–Trinajstić information content (AvgIpc) is 2.60. The molecule has 19 heavy (non-hydrogen) atoms. The second kappa shape index (κ2) is 3.95. The summed E-state index contributed by atoms with van der Waals surface area (Å²) in [5.41, 5.74) is -1.20. The fraction of sp³-hybridized carbons (Fsp3) is 0.933. The van der Waals surface area contributed by atoms with Gasteiger partial charge in [0, 0.05) is 17.3 Å². The molecule has 3 rings (SSSR count). The lowest BCUT2D eigenvalue weighted by molar-refractivity contribution is -0.212. The van der Waals surface area contributed by atoms with Gasteiger partial charge in [0.15, 0.2) is 0 Å². The molecule has 2 N–H and O–H groups in total. The summed E-state index contributed by atoms with van der Waals surface area (Å²) in [5, 5.41) is 21.2. The minimum atomic E-state index is -0.859. The molecule has 108 valence electrons. The first kappa shape index (κ1) is 13.4. The molecule has 0 aromatic carbocycles. The molecule has 3 aliphatic rings. The number of esters is 1. The van der Waals surface area contributed by atoms with Gasteiger partial charge < -0.3 is 14.9 Å². The van der Waals surface area contributed by atoms with E-state index in [1.165, 1.54) is 0 Å². The highest BCUT2D eigenvalue weighted by molar-refractivity contribution is 5.75. The van der Waals surface area contributed by atoms with Crippen molar-refractivity contribution in [2.24, 2.45) is 23.2 Å². The maximum atomic E-state index is 11.8. The second-order valence-electron chi connectivity index (χ2n) is 7.29. The van der Waals surface area contributed by atoms with E-state index >= 15 is 0 Å². The molecule has 4 nitrogen and oxygen atoms in total. The lowest BCUT2D eigenvalue weighted by Crippen LogP contribution is -2.62. The first-order valence-corrected chi connectivity index (χ1v) is 7.38. The van der Waals surface area contributed by atoms with Crippen LogP contribution in [-0.4, -0.2) is 34.0 Å². The van der Waals surface area contributed by atoms with Crippen LogP contribution in [0.5, 0.6) is 0 Å². The molecule has 1 aliphatic heterocycles. The first-order valence-electron chi connectivity index (χ1n) is 7.38. The monoisotopic (exact) mass is 268 g/mol. The number of carbonyl (C=O) groups is 1. The Balaban J connectivity index is 2.01. The molecule has 1 heterocycles. The van der Waals surface area contributed by atoms with Crippen LogP contribution in [0.1, 0.15) is 46.5 Å². The third-order valence-corrected chi connectivity index (χ3v) is 6.10. The predicted molar refractivity (Wildman–Crippen MR) is 69.2 cm³/mol. The van der Waals surface area contributed by atoms with Crippen LogP contribution in [0.2, 0.25) is 0 Å². The van der Waals surface area contributed by atoms with Crippen molar-refractivity contribution in [1.82, 2.24) is 0 Å². The summed E-state index contributed by atoms with van der Waals surface area (Å²) in [5.74, 6) is -0.182. The van der Waals surface area contributed by atoms with Gasteiger partial charge in [0.05, 0.1) is 17.6 Å². The summed E-state index contributed by atoms with van der Waals surface area (Å²) in [7, 11) is 0. The number of hydrogen-bond donors (Lipinski definition) is 2. The Bertz CT molecular complexity index is 405. The first-order chi connectivity index (χ1) is 8.77. The molecule has 2 aliphatic carbocycles. The van der Waals surface area contributed by atoms with Gasteiger partial charge in [-0.15, -0.1) is 0 Å². The van der Waals surface area contributed by atoms with E-state index in [0.29, 0.717) is 12.8 Å². The topological polar surface area (TPSA) is 66.8 Å². The summed E-state index contributed by atoms with van der Waals surface area (Å²) in [4.78, 5) is 11.8. The zero-order chi connectivity index (χ0) is 14.0. The molecule has 0 spiro atoms. The quantitative estimate of drug-likeness (QED) is 0.653. The van der Waals surface area contributed by atoms with Gasteiger partial charge in [-0.05, 0) is 32.6 Å². The van der Waals surface area contributed by atoms with Crippen molar-refractivity contribution in [2.75, 3.05) is 0 Å². The summed E-state index contributed by atoms with van der Waals surface area (Å²) >= 11 is 0. The van der Waals surface area contributed by atoms with Gasteiger partial charge in [0.2, 0.25) is 0 Å². The molecule has 1 saturated heterocycles. The number of aliphatic hydroxyl groups is 2. The van der Waals surface area contributed by atoms with E-state index < -0.39 is 11.7 Å². The van der Waals surface area contributed by atoms with Crippen LogP contribution in [0, 0.1) is 23.2 Å². The summed E-state index contributed by atoms with van der Waals surface area (Å²) in [6.07, 6.45) is 2.32. The van der Waals surface area contributed by atoms with Crippen LogP contribution in [-0.2, 0) is 9.53 Å². The Morgan fingerprint density at radius 2 is 1.95 bits per heavy atom. The minimum absolute atomic E-state index is 0.0792. The van der Waals surface area contributed by atoms with Crippen molar-refractivity contribution < 1.29 is 19.7 Å². The van der Waals surface area contributed by atoms with Crippen LogP contribution >= 0.6 is 0 Å². The number of rotatable bonds is 0. The van der Waals surface area contributed by atoms with E-state index in [1.807, 2.05) is 20.8 Å². The third kappa shape index (κ3) is 1.69. The van der Waals surface area contributed by atoms with Crippen LogP contribution in [0.15, 0.2) is 0 Å². The van der Waals surface area contributed by atoms with E-state index in [-0.39, 0.29) is 35.2 Å². The zero-order valence-corrected chi connectivity index (χ0v) is 11.9. The molecule has 0 bridgehead atoms. The molecule has 7 atom stereocenters. The number of ether oxygens (including phenoxy) is 1. The Morgan fingerprint density at radius 1 is 1.26 bits per heavy atom. The van der Waals surface area contributed by atoms with Gasteiger partial charge in [-0.2, -0.15) is 0 Å². The number of aliphatic hydroxyl groups excluding tert-OH is 1. The van der Waals surface area contributed by atoms with Crippen molar-refractivity contribution in [1.29, 1.82) is 0 Å². The van der Waals surface area contributed by atoms with Crippen molar-refractivity contribution in [3.8, 4) is 0 Å². The van der Waals surface area contributed by atoms with Gasteiger partial charge in [-0.1, -0.05) is 13.8 Å². The van der Waals surface area contributed by atoms with Crippen molar-refractivity contribution in [3.63, 3.8) is 0 Å². The highest BCUT2D eigenvalue weighted by atomic mass is 16.6. The van der Waals surface area contributed by atoms with E-state index in [4.69, 9.17) is 4.74 Å². The highest BCUT2D eigenvalue weighted by Crippen LogP contribution is 2.58. The molecule has 0 aromatic heterocycles. The normalized spacial score (nSPS) is 57.3. The zero-order valence-electron chi connectivity index (χ0n) is 11.9. The molecular formula is C15H24O4. The number of fused-ring (bicyclic) bond motifs is 3. The van der Waals surface area contributed by atoms with Gasteiger partial charge >= 0.3 is 5.97 Å². The SMILES string of the molecule is CC1C(=O)OC2C1CCC1(C)C(O)CCC(C)(O)C21. The third-order valence-electron chi connectivity index (χ3n) is 6.10. The molecule has 2 saturated carbocycles. The Hall–Kier alpha value is -0.610. The lowest BCUT2D eigenvalue weighted by atomic mass is 9.51.